The van der Waals surface area contributed by atoms with Crippen LogP contribution >= 0.6 is 0 Å². The molecule has 176 valence electrons. The maximum atomic E-state index is 14.9. The van der Waals surface area contributed by atoms with Crippen molar-refractivity contribution in [2.24, 2.45) is 0 Å². The molecule has 0 aliphatic carbocycles. The Bertz CT molecular complexity index is 1220. The molecule has 3 atom stereocenters. The van der Waals surface area contributed by atoms with E-state index < -0.39 is 17.6 Å². The number of halogens is 4. The number of nitrogens with one attached hydrogen (secondary N) is 1. The van der Waals surface area contributed by atoms with Gasteiger partial charge in [0.1, 0.15) is 11.6 Å². The lowest BCUT2D eigenvalue weighted by Gasteiger charge is -2.27. The fourth-order valence-corrected chi connectivity index (χ4v) is 5.03. The van der Waals surface area contributed by atoms with Crippen molar-refractivity contribution in [3.63, 3.8) is 0 Å². The number of aryl methyl sites for hydroxylation is 1. The van der Waals surface area contributed by atoms with Gasteiger partial charge in [-0.3, -0.25) is 4.79 Å². The van der Waals surface area contributed by atoms with Crippen molar-refractivity contribution in [1.82, 2.24) is 19.9 Å². The van der Waals surface area contributed by atoms with E-state index in [9.17, 15) is 22.4 Å². The fourth-order valence-electron chi connectivity index (χ4n) is 5.03. The van der Waals surface area contributed by atoms with E-state index in [4.69, 9.17) is 0 Å². The van der Waals surface area contributed by atoms with Gasteiger partial charge in [0, 0.05) is 30.7 Å². The normalized spacial score (nSPS) is 21.7. The highest BCUT2D eigenvalue weighted by molar-refractivity contribution is 6.02. The molecule has 3 aromatic rings. The Balaban J connectivity index is 1.42. The van der Waals surface area contributed by atoms with Crippen LogP contribution in [0.15, 0.2) is 48.9 Å². The second-order valence-electron chi connectivity index (χ2n) is 8.61. The van der Waals surface area contributed by atoms with Crippen LogP contribution in [0, 0.1) is 12.7 Å². The highest BCUT2D eigenvalue weighted by Gasteiger charge is 2.49. The molecule has 2 bridgehead atoms. The second kappa shape index (κ2) is 8.34. The van der Waals surface area contributed by atoms with Gasteiger partial charge in [0.2, 0.25) is 0 Å². The van der Waals surface area contributed by atoms with E-state index in [2.05, 4.69) is 20.3 Å². The van der Waals surface area contributed by atoms with Gasteiger partial charge in [0.15, 0.2) is 5.82 Å². The molecule has 1 amide bonds. The van der Waals surface area contributed by atoms with E-state index in [1.165, 1.54) is 24.5 Å². The minimum absolute atomic E-state index is 0.0587. The summed E-state index contributed by atoms with van der Waals surface area (Å²) in [5, 5.41) is 3.19. The summed E-state index contributed by atoms with van der Waals surface area (Å²) in [6, 6.07) is 6.34. The number of rotatable bonds is 4. The number of aromatic nitrogens is 3. The van der Waals surface area contributed by atoms with Crippen molar-refractivity contribution in [2.75, 3.05) is 5.32 Å². The molecule has 2 saturated heterocycles. The van der Waals surface area contributed by atoms with Gasteiger partial charge in [-0.05, 0) is 56.0 Å². The van der Waals surface area contributed by atoms with Gasteiger partial charge in [0.05, 0.1) is 22.7 Å². The molecule has 3 unspecified atom stereocenters. The standard InChI is InChI=1S/C24H21F4N5O/c1-13-3-6-16(25)21(22-29-9-2-10-30-22)20(13)23(34)33-15-5-7-18(33)17(11-15)32-19-8-4-14(12-31-19)24(26,27)28/h2-4,6,8-10,12,15,17-18H,5,7,11H2,1H3,(H,31,32). The first kappa shape index (κ1) is 22.2. The van der Waals surface area contributed by atoms with Crippen molar-refractivity contribution in [2.45, 2.75) is 50.5 Å². The number of nitrogens with zero attached hydrogens (tertiary/aromatic N) is 4. The smallest absolute Gasteiger partial charge is 0.365 e. The van der Waals surface area contributed by atoms with E-state index in [0.717, 1.165) is 25.1 Å². The van der Waals surface area contributed by atoms with Crippen LogP contribution in [-0.2, 0) is 6.18 Å². The van der Waals surface area contributed by atoms with Crippen molar-refractivity contribution >= 4 is 11.7 Å². The van der Waals surface area contributed by atoms with Crippen molar-refractivity contribution in [3.8, 4) is 11.4 Å². The van der Waals surface area contributed by atoms with E-state index in [-0.39, 0.29) is 41.0 Å². The minimum Gasteiger partial charge on any atom is -0.365 e. The van der Waals surface area contributed by atoms with Gasteiger partial charge >= 0.3 is 6.18 Å². The number of carbonyl (C=O) groups excluding carboxylic acids is 1. The quantitative estimate of drug-likeness (QED) is 0.551. The van der Waals surface area contributed by atoms with Crippen LogP contribution < -0.4 is 5.32 Å². The summed E-state index contributed by atoms with van der Waals surface area (Å²) >= 11 is 0. The lowest BCUT2D eigenvalue weighted by Crippen LogP contribution is -2.40. The van der Waals surface area contributed by atoms with Crippen LogP contribution in [0.1, 0.15) is 40.7 Å². The van der Waals surface area contributed by atoms with Crippen LogP contribution in [0.2, 0.25) is 0 Å². The Kier molecular flexibility index (Phi) is 5.45. The van der Waals surface area contributed by atoms with E-state index in [1.807, 2.05) is 0 Å². The molecule has 6 nitrogen and oxygen atoms in total. The van der Waals surface area contributed by atoms with Gasteiger partial charge in [-0.15, -0.1) is 0 Å². The highest BCUT2D eigenvalue weighted by Crippen LogP contribution is 2.41. The first-order valence-electron chi connectivity index (χ1n) is 10.9. The van der Waals surface area contributed by atoms with Crippen LogP contribution in [0.5, 0.6) is 0 Å². The summed E-state index contributed by atoms with van der Waals surface area (Å²) in [5.41, 5.74) is 0.108. The monoisotopic (exact) mass is 471 g/mol. The predicted octanol–water partition coefficient (Wildman–Crippen LogP) is 4.86. The van der Waals surface area contributed by atoms with Crippen LogP contribution in [-0.4, -0.2) is 43.9 Å². The number of alkyl halides is 3. The molecule has 1 N–H and O–H groups in total. The van der Waals surface area contributed by atoms with Gasteiger partial charge < -0.3 is 10.2 Å². The zero-order valence-electron chi connectivity index (χ0n) is 18.2. The summed E-state index contributed by atoms with van der Waals surface area (Å²) in [5.74, 6) is -0.410. The molecule has 2 aliphatic heterocycles. The maximum Gasteiger partial charge on any atom is 0.417 e. The van der Waals surface area contributed by atoms with Gasteiger partial charge in [-0.25, -0.2) is 19.3 Å². The third kappa shape index (κ3) is 3.86. The molecule has 34 heavy (non-hydrogen) atoms. The first-order chi connectivity index (χ1) is 16.2. The predicted molar refractivity (Wildman–Crippen MR) is 116 cm³/mol. The minimum atomic E-state index is -4.45. The average Bonchev–Trinajstić information content (AvgIpc) is 3.38. The lowest BCUT2D eigenvalue weighted by molar-refractivity contribution is -0.137. The molecule has 10 heteroatoms. The van der Waals surface area contributed by atoms with Crippen molar-refractivity contribution in [3.05, 3.63) is 71.4 Å². The molecule has 0 radical (unpaired) electrons. The largest absolute Gasteiger partial charge is 0.417 e. The number of pyridine rings is 1. The molecule has 0 saturated carbocycles. The molecule has 4 heterocycles. The number of anilines is 1. The Morgan fingerprint density at radius 2 is 1.85 bits per heavy atom. The number of carbonyl (C=O) groups is 1. The molecular formula is C24H21F4N5O. The highest BCUT2D eigenvalue weighted by atomic mass is 19.4. The molecule has 5 rings (SSSR count). The van der Waals surface area contributed by atoms with Crippen molar-refractivity contribution in [1.29, 1.82) is 0 Å². The van der Waals surface area contributed by atoms with Gasteiger partial charge in [0.25, 0.3) is 5.91 Å². The van der Waals surface area contributed by atoms with Crippen molar-refractivity contribution < 1.29 is 22.4 Å². The van der Waals surface area contributed by atoms with Crippen LogP contribution in [0.3, 0.4) is 0 Å². The summed E-state index contributed by atoms with van der Waals surface area (Å²) in [4.78, 5) is 27.7. The number of benzene rings is 1. The summed E-state index contributed by atoms with van der Waals surface area (Å²) in [6.45, 7) is 1.75. The summed E-state index contributed by atoms with van der Waals surface area (Å²) in [6.07, 6.45) is 1.50. The maximum absolute atomic E-state index is 14.9. The Hall–Kier alpha value is -3.56. The number of hydrogen-bond acceptors (Lipinski definition) is 5. The Labute approximate surface area is 193 Å². The van der Waals surface area contributed by atoms with E-state index in [0.29, 0.717) is 17.8 Å². The zero-order valence-corrected chi connectivity index (χ0v) is 18.2. The topological polar surface area (TPSA) is 71.0 Å². The second-order valence-corrected chi connectivity index (χ2v) is 8.61. The number of hydrogen-bond donors (Lipinski definition) is 1. The molecule has 2 fully saturated rings. The molecule has 2 aliphatic rings. The van der Waals surface area contributed by atoms with E-state index in [1.54, 1.807) is 24.0 Å². The number of fused-ring (bicyclic) bond motifs is 2. The Morgan fingerprint density at radius 3 is 2.53 bits per heavy atom. The third-order valence-corrected chi connectivity index (χ3v) is 6.56. The third-order valence-electron chi connectivity index (χ3n) is 6.56. The van der Waals surface area contributed by atoms with Gasteiger partial charge in [-0.2, -0.15) is 13.2 Å². The first-order valence-corrected chi connectivity index (χ1v) is 10.9. The molecule has 1 aromatic carbocycles. The molecule has 0 spiro atoms. The molecular weight excluding hydrogens is 450 g/mol. The Morgan fingerprint density at radius 1 is 1.09 bits per heavy atom. The summed E-state index contributed by atoms with van der Waals surface area (Å²) in [7, 11) is 0. The zero-order chi connectivity index (χ0) is 24.0. The lowest BCUT2D eigenvalue weighted by atomic mass is 9.95. The SMILES string of the molecule is Cc1ccc(F)c(-c2ncccn2)c1C(=O)N1C2CCC1C(Nc1ccc(C(F)(F)F)cn1)C2. The average molecular weight is 471 g/mol. The molecule has 2 aromatic heterocycles. The summed E-state index contributed by atoms with van der Waals surface area (Å²) < 4.78 is 53.4. The fraction of sp³-hybridized carbons (Fsp3) is 0.333. The number of amides is 1. The van der Waals surface area contributed by atoms with Crippen LogP contribution in [0.4, 0.5) is 23.4 Å². The van der Waals surface area contributed by atoms with Crippen LogP contribution in [0.25, 0.3) is 11.4 Å². The van der Waals surface area contributed by atoms with E-state index >= 15 is 0 Å². The van der Waals surface area contributed by atoms with Gasteiger partial charge in [-0.1, -0.05) is 6.07 Å².